The van der Waals surface area contributed by atoms with Gasteiger partial charge in [-0.1, -0.05) is 0 Å². The highest BCUT2D eigenvalue weighted by Gasteiger charge is 2.07. The summed E-state index contributed by atoms with van der Waals surface area (Å²) in [4.78, 5) is 0. The average molecular weight is 193 g/mol. The molecule has 0 aliphatic carbocycles. The Bertz CT molecular complexity index is 110. The Morgan fingerprint density at radius 1 is 1.23 bits per heavy atom. The Hall–Kier alpha value is -0.200. The van der Waals surface area contributed by atoms with E-state index in [-0.39, 0.29) is 0 Å². The van der Waals surface area contributed by atoms with Crippen molar-refractivity contribution in [1.29, 1.82) is 0 Å². The van der Waals surface area contributed by atoms with Crippen molar-refractivity contribution in [1.82, 2.24) is 0 Å². The molecular formula is C8H19NO4. The molecule has 0 fully saturated rings. The molecule has 0 rings (SSSR count). The highest BCUT2D eigenvalue weighted by molar-refractivity contribution is 4.54. The Morgan fingerprint density at radius 3 is 2.38 bits per heavy atom. The third kappa shape index (κ3) is 8.14. The lowest BCUT2D eigenvalue weighted by Crippen LogP contribution is -2.36. The van der Waals surface area contributed by atoms with Crippen molar-refractivity contribution >= 4 is 0 Å². The molecule has 5 nitrogen and oxygen atoms in total. The smallest absolute Gasteiger partial charge is 0.131 e. The molecule has 0 aromatic rings. The summed E-state index contributed by atoms with van der Waals surface area (Å²) < 4.78 is 14.9. The number of hydrogen-bond donors (Lipinski definition) is 2. The molecule has 0 radical (unpaired) electrons. The third-order valence-electron chi connectivity index (χ3n) is 1.45. The molecule has 0 saturated heterocycles. The van der Waals surface area contributed by atoms with Gasteiger partial charge < -0.3 is 25.1 Å². The molecule has 13 heavy (non-hydrogen) atoms. The summed E-state index contributed by atoms with van der Waals surface area (Å²) in [6, 6.07) is 0. The Morgan fingerprint density at radius 2 is 1.85 bits per heavy atom. The normalized spacial score (nSPS) is 15.7. The van der Waals surface area contributed by atoms with E-state index in [9.17, 15) is 0 Å². The van der Waals surface area contributed by atoms with Gasteiger partial charge >= 0.3 is 0 Å². The molecule has 3 N–H and O–H groups in total. The van der Waals surface area contributed by atoms with Crippen LogP contribution in [0.2, 0.25) is 0 Å². The average Bonchev–Trinajstić information content (AvgIpc) is 2.10. The molecule has 0 bridgehead atoms. The van der Waals surface area contributed by atoms with Crippen LogP contribution in [-0.4, -0.2) is 51.0 Å². The van der Waals surface area contributed by atoms with Gasteiger partial charge in [-0.15, -0.1) is 0 Å². The topological polar surface area (TPSA) is 73.9 Å². The highest BCUT2D eigenvalue weighted by atomic mass is 16.6. The van der Waals surface area contributed by atoms with Crippen molar-refractivity contribution in [3.63, 3.8) is 0 Å². The number of rotatable bonds is 8. The number of methoxy groups -OCH3 is 1. The van der Waals surface area contributed by atoms with E-state index in [1.54, 1.807) is 14.0 Å². The highest BCUT2D eigenvalue weighted by Crippen LogP contribution is 1.90. The number of aliphatic hydroxyl groups excluding tert-OH is 1. The maximum absolute atomic E-state index is 8.95. The van der Waals surface area contributed by atoms with E-state index in [0.717, 1.165) is 0 Å². The van der Waals surface area contributed by atoms with Crippen LogP contribution < -0.4 is 5.73 Å². The van der Waals surface area contributed by atoms with Crippen molar-refractivity contribution < 1.29 is 19.3 Å². The van der Waals surface area contributed by atoms with Gasteiger partial charge in [0.05, 0.1) is 32.5 Å². The van der Waals surface area contributed by atoms with Crippen LogP contribution in [0.3, 0.4) is 0 Å². The van der Waals surface area contributed by atoms with Gasteiger partial charge in [-0.05, 0) is 6.92 Å². The first kappa shape index (κ1) is 12.8. The zero-order chi connectivity index (χ0) is 10.1. The quantitative estimate of drug-likeness (QED) is 0.395. The minimum absolute atomic E-state index is 0.385. The molecular weight excluding hydrogens is 174 g/mol. The van der Waals surface area contributed by atoms with Crippen molar-refractivity contribution in [2.24, 2.45) is 5.73 Å². The second-order valence-corrected chi connectivity index (χ2v) is 2.68. The lowest BCUT2D eigenvalue weighted by molar-refractivity contribution is -0.0501. The molecule has 5 heteroatoms. The molecule has 0 aromatic heterocycles. The van der Waals surface area contributed by atoms with E-state index in [2.05, 4.69) is 0 Å². The SMILES string of the molecule is COCCOCCOC(N)C(C)O. The van der Waals surface area contributed by atoms with Crippen LogP contribution >= 0.6 is 0 Å². The zero-order valence-electron chi connectivity index (χ0n) is 8.23. The van der Waals surface area contributed by atoms with Crippen LogP contribution in [0.5, 0.6) is 0 Å². The number of hydrogen-bond acceptors (Lipinski definition) is 5. The number of aliphatic hydroxyl groups is 1. The van der Waals surface area contributed by atoms with Crippen molar-refractivity contribution in [2.75, 3.05) is 33.5 Å². The fraction of sp³-hybridized carbons (Fsp3) is 1.00. The summed E-state index contributed by atoms with van der Waals surface area (Å²) in [7, 11) is 1.61. The Labute approximate surface area is 78.8 Å². The largest absolute Gasteiger partial charge is 0.389 e. The van der Waals surface area contributed by atoms with Crippen molar-refractivity contribution in [3.05, 3.63) is 0 Å². The van der Waals surface area contributed by atoms with Gasteiger partial charge in [0.25, 0.3) is 0 Å². The zero-order valence-corrected chi connectivity index (χ0v) is 8.23. The molecule has 0 amide bonds. The Balaban J connectivity index is 3.07. The molecule has 0 heterocycles. The summed E-state index contributed by atoms with van der Waals surface area (Å²) in [6.07, 6.45) is -1.29. The first-order valence-electron chi connectivity index (χ1n) is 4.30. The summed E-state index contributed by atoms with van der Waals surface area (Å²) in [6.45, 7) is 3.54. The van der Waals surface area contributed by atoms with Crippen LogP contribution in [0.4, 0.5) is 0 Å². The Kier molecular flexibility index (Phi) is 8.27. The van der Waals surface area contributed by atoms with Gasteiger partial charge in [0, 0.05) is 7.11 Å². The summed E-state index contributed by atoms with van der Waals surface area (Å²) >= 11 is 0. The van der Waals surface area contributed by atoms with E-state index >= 15 is 0 Å². The van der Waals surface area contributed by atoms with E-state index < -0.39 is 12.3 Å². The summed E-state index contributed by atoms with van der Waals surface area (Å²) in [5, 5.41) is 8.95. The monoisotopic (exact) mass is 193 g/mol. The van der Waals surface area contributed by atoms with Gasteiger partial charge in [0.1, 0.15) is 6.23 Å². The fourth-order valence-corrected chi connectivity index (χ4v) is 0.627. The molecule has 0 aromatic carbocycles. The van der Waals surface area contributed by atoms with Crippen LogP contribution in [0.15, 0.2) is 0 Å². The second kappa shape index (κ2) is 8.40. The van der Waals surface area contributed by atoms with Gasteiger partial charge in [-0.2, -0.15) is 0 Å². The van der Waals surface area contributed by atoms with Gasteiger partial charge in [-0.25, -0.2) is 0 Å². The molecule has 0 saturated carbocycles. The molecule has 80 valence electrons. The predicted molar refractivity (Wildman–Crippen MR) is 48.3 cm³/mol. The van der Waals surface area contributed by atoms with Crippen LogP contribution in [-0.2, 0) is 14.2 Å². The minimum atomic E-state index is -0.654. The lowest BCUT2D eigenvalue weighted by Gasteiger charge is -2.15. The molecule has 0 aliphatic rings. The summed E-state index contributed by atoms with van der Waals surface area (Å²) in [5.74, 6) is 0. The first-order valence-corrected chi connectivity index (χ1v) is 4.30. The summed E-state index contributed by atoms with van der Waals surface area (Å²) in [5.41, 5.74) is 5.40. The van der Waals surface area contributed by atoms with E-state index in [4.69, 9.17) is 25.1 Å². The van der Waals surface area contributed by atoms with E-state index in [1.165, 1.54) is 0 Å². The maximum Gasteiger partial charge on any atom is 0.131 e. The van der Waals surface area contributed by atoms with Gasteiger partial charge in [0.15, 0.2) is 0 Å². The van der Waals surface area contributed by atoms with E-state index in [1.807, 2.05) is 0 Å². The van der Waals surface area contributed by atoms with Crippen molar-refractivity contribution in [3.8, 4) is 0 Å². The first-order chi connectivity index (χ1) is 6.18. The number of ether oxygens (including phenoxy) is 3. The van der Waals surface area contributed by atoms with Crippen molar-refractivity contribution in [2.45, 2.75) is 19.3 Å². The maximum atomic E-state index is 8.95. The molecule has 0 aliphatic heterocycles. The molecule has 0 spiro atoms. The van der Waals surface area contributed by atoms with E-state index in [0.29, 0.717) is 26.4 Å². The number of nitrogens with two attached hydrogens (primary N) is 1. The van der Waals surface area contributed by atoms with Crippen LogP contribution in [0.1, 0.15) is 6.92 Å². The standard InChI is InChI=1S/C8H19NO4/c1-7(10)8(9)13-6-5-12-4-3-11-2/h7-8,10H,3-6,9H2,1-2H3. The molecule has 2 unspecified atom stereocenters. The molecule has 2 atom stereocenters. The van der Waals surface area contributed by atoms with Gasteiger partial charge in [-0.3, -0.25) is 0 Å². The fourth-order valence-electron chi connectivity index (χ4n) is 0.627. The second-order valence-electron chi connectivity index (χ2n) is 2.68. The third-order valence-corrected chi connectivity index (χ3v) is 1.45. The predicted octanol–water partition coefficient (Wildman–Crippen LogP) is -0.668. The lowest BCUT2D eigenvalue weighted by atomic mass is 10.4. The minimum Gasteiger partial charge on any atom is -0.389 e. The van der Waals surface area contributed by atoms with Gasteiger partial charge in [0.2, 0.25) is 0 Å². The van der Waals surface area contributed by atoms with Crippen LogP contribution in [0, 0.1) is 0 Å². The van der Waals surface area contributed by atoms with Crippen LogP contribution in [0.25, 0.3) is 0 Å².